The molecule has 2 aromatic heterocycles. The second-order valence-corrected chi connectivity index (χ2v) is 6.12. The molecule has 0 bridgehead atoms. The molecular formula is C17H24N4O2. The summed E-state index contributed by atoms with van der Waals surface area (Å²) in [5, 5.41) is 13.6. The lowest BCUT2D eigenvalue weighted by molar-refractivity contribution is 0.0517. The van der Waals surface area contributed by atoms with Crippen LogP contribution in [0.3, 0.4) is 0 Å². The van der Waals surface area contributed by atoms with Gasteiger partial charge in [0.1, 0.15) is 11.6 Å². The lowest BCUT2D eigenvalue weighted by atomic mass is 9.91. The Morgan fingerprint density at radius 2 is 2.17 bits per heavy atom. The molecule has 6 nitrogen and oxygen atoms in total. The second-order valence-electron chi connectivity index (χ2n) is 6.12. The van der Waals surface area contributed by atoms with Crippen molar-refractivity contribution >= 4 is 0 Å². The third-order valence-corrected chi connectivity index (χ3v) is 4.45. The molecule has 0 aromatic carbocycles. The Kier molecular flexibility index (Phi) is 4.93. The van der Waals surface area contributed by atoms with Gasteiger partial charge in [-0.3, -0.25) is 4.98 Å². The number of rotatable bonds is 5. The van der Waals surface area contributed by atoms with E-state index in [1.54, 1.807) is 6.07 Å². The summed E-state index contributed by atoms with van der Waals surface area (Å²) in [6, 6.07) is 3.64. The lowest BCUT2D eigenvalue weighted by Gasteiger charge is -2.30. The predicted octanol–water partition coefficient (Wildman–Crippen LogP) is 2.09. The van der Waals surface area contributed by atoms with E-state index in [0.29, 0.717) is 18.2 Å². The molecule has 6 heteroatoms. The summed E-state index contributed by atoms with van der Waals surface area (Å²) in [6.45, 7) is 4.03. The fourth-order valence-corrected chi connectivity index (χ4v) is 3.13. The lowest BCUT2D eigenvalue weighted by Crippen LogP contribution is -2.33. The molecule has 1 fully saturated rings. The van der Waals surface area contributed by atoms with Crippen molar-refractivity contribution in [2.45, 2.75) is 32.4 Å². The highest BCUT2D eigenvalue weighted by atomic mass is 16.5. The summed E-state index contributed by atoms with van der Waals surface area (Å²) >= 11 is 0. The first kappa shape index (κ1) is 16.0. The summed E-state index contributed by atoms with van der Waals surface area (Å²) < 4.78 is 7.54. The topological polar surface area (TPSA) is 72.2 Å². The zero-order chi connectivity index (χ0) is 16.2. The second kappa shape index (κ2) is 7.10. The third-order valence-electron chi connectivity index (χ3n) is 4.45. The molecule has 3 heterocycles. The van der Waals surface area contributed by atoms with Gasteiger partial charge in [0.05, 0.1) is 11.7 Å². The highest BCUT2D eigenvalue weighted by Gasteiger charge is 2.28. The van der Waals surface area contributed by atoms with Gasteiger partial charge in [0.2, 0.25) is 0 Å². The Morgan fingerprint density at radius 1 is 1.39 bits per heavy atom. The van der Waals surface area contributed by atoms with Gasteiger partial charge in [0.15, 0.2) is 0 Å². The van der Waals surface area contributed by atoms with Gasteiger partial charge in [0, 0.05) is 44.9 Å². The Balaban J connectivity index is 1.78. The third kappa shape index (κ3) is 3.71. The van der Waals surface area contributed by atoms with Crippen LogP contribution in [0, 0.1) is 12.8 Å². The predicted molar refractivity (Wildman–Crippen MR) is 87.0 cm³/mol. The van der Waals surface area contributed by atoms with E-state index in [9.17, 15) is 5.11 Å². The average molecular weight is 316 g/mol. The molecule has 0 unspecified atom stereocenters. The number of nitrogens with one attached hydrogen (secondary N) is 1. The largest absolute Gasteiger partial charge is 0.506 e. The molecule has 1 saturated heterocycles. The molecule has 23 heavy (non-hydrogen) atoms. The van der Waals surface area contributed by atoms with Gasteiger partial charge in [-0.15, -0.1) is 0 Å². The fraction of sp³-hybridized carbons (Fsp3) is 0.529. The van der Waals surface area contributed by atoms with Crippen molar-refractivity contribution < 1.29 is 9.84 Å². The first-order valence-corrected chi connectivity index (χ1v) is 8.09. The highest BCUT2D eigenvalue weighted by Crippen LogP contribution is 2.29. The minimum Gasteiger partial charge on any atom is -0.506 e. The van der Waals surface area contributed by atoms with Crippen LogP contribution in [-0.2, 0) is 18.3 Å². The number of ether oxygens (including phenoxy) is 1. The van der Waals surface area contributed by atoms with E-state index in [-0.39, 0.29) is 11.8 Å². The zero-order valence-electron chi connectivity index (χ0n) is 13.7. The monoisotopic (exact) mass is 316 g/mol. The molecule has 1 aliphatic heterocycles. The molecular weight excluding hydrogens is 292 g/mol. The van der Waals surface area contributed by atoms with Gasteiger partial charge in [-0.05, 0) is 37.8 Å². The quantitative estimate of drug-likeness (QED) is 0.884. The van der Waals surface area contributed by atoms with E-state index in [4.69, 9.17) is 4.74 Å². The Bertz CT molecular complexity index is 650. The summed E-state index contributed by atoms with van der Waals surface area (Å²) in [4.78, 5) is 8.95. The highest BCUT2D eigenvalue weighted by molar-refractivity contribution is 5.27. The normalized spacial score (nSPS) is 17.3. The Hall–Kier alpha value is -1.92. The Morgan fingerprint density at radius 3 is 2.87 bits per heavy atom. The molecule has 3 rings (SSSR count). The van der Waals surface area contributed by atoms with Gasteiger partial charge in [-0.2, -0.15) is 0 Å². The summed E-state index contributed by atoms with van der Waals surface area (Å²) in [7, 11) is 2.01. The van der Waals surface area contributed by atoms with E-state index in [1.165, 1.54) is 0 Å². The number of hydrogen-bond acceptors (Lipinski definition) is 5. The van der Waals surface area contributed by atoms with Crippen LogP contribution in [0.5, 0.6) is 5.75 Å². The maximum absolute atomic E-state index is 10.0. The molecule has 0 aliphatic carbocycles. The van der Waals surface area contributed by atoms with Gasteiger partial charge >= 0.3 is 0 Å². The van der Waals surface area contributed by atoms with Gasteiger partial charge in [-0.1, -0.05) is 0 Å². The minimum absolute atomic E-state index is 0.126. The van der Waals surface area contributed by atoms with Crippen LogP contribution in [-0.4, -0.2) is 32.9 Å². The first-order valence-electron chi connectivity index (χ1n) is 8.09. The van der Waals surface area contributed by atoms with Crippen molar-refractivity contribution in [1.29, 1.82) is 0 Å². The van der Waals surface area contributed by atoms with Crippen molar-refractivity contribution in [1.82, 2.24) is 19.9 Å². The van der Waals surface area contributed by atoms with E-state index in [0.717, 1.165) is 37.6 Å². The summed E-state index contributed by atoms with van der Waals surface area (Å²) in [5.41, 5.74) is 1.58. The van der Waals surface area contributed by atoms with Crippen molar-refractivity contribution in [3.8, 4) is 5.75 Å². The number of pyridine rings is 1. The summed E-state index contributed by atoms with van der Waals surface area (Å²) in [5.74, 6) is 1.72. The fourth-order valence-electron chi connectivity index (χ4n) is 3.13. The zero-order valence-corrected chi connectivity index (χ0v) is 13.7. The van der Waals surface area contributed by atoms with E-state index in [1.807, 2.05) is 32.4 Å². The molecule has 1 atom stereocenters. The number of hydrogen-bond donors (Lipinski definition) is 2. The number of aromatic nitrogens is 3. The molecule has 0 amide bonds. The number of aryl methyl sites for hydroxylation is 2. The van der Waals surface area contributed by atoms with Crippen LogP contribution in [0.15, 0.2) is 24.5 Å². The molecule has 0 spiro atoms. The van der Waals surface area contributed by atoms with E-state index < -0.39 is 0 Å². The molecule has 0 saturated carbocycles. The van der Waals surface area contributed by atoms with Crippen LogP contribution in [0.4, 0.5) is 0 Å². The van der Waals surface area contributed by atoms with Crippen molar-refractivity contribution in [3.05, 3.63) is 41.7 Å². The van der Waals surface area contributed by atoms with Crippen LogP contribution < -0.4 is 5.32 Å². The van der Waals surface area contributed by atoms with Crippen molar-refractivity contribution in [2.75, 3.05) is 13.2 Å². The molecule has 2 aromatic rings. The molecule has 1 aliphatic rings. The van der Waals surface area contributed by atoms with E-state index >= 15 is 0 Å². The summed E-state index contributed by atoms with van der Waals surface area (Å²) in [6.07, 6.45) is 5.81. The minimum atomic E-state index is 0.126. The Labute approximate surface area is 136 Å². The van der Waals surface area contributed by atoms with Gasteiger partial charge in [-0.25, -0.2) is 4.98 Å². The van der Waals surface area contributed by atoms with Crippen LogP contribution >= 0.6 is 0 Å². The average Bonchev–Trinajstić information content (AvgIpc) is 2.98. The van der Waals surface area contributed by atoms with Crippen molar-refractivity contribution in [3.63, 3.8) is 0 Å². The van der Waals surface area contributed by atoms with E-state index in [2.05, 4.69) is 19.9 Å². The SMILES string of the molecule is Cc1ccc(O)c(CN[C@H](c2nccn2C)C2CCOCC2)n1. The van der Waals surface area contributed by atoms with Crippen LogP contribution in [0.1, 0.15) is 36.1 Å². The molecule has 2 N–H and O–H groups in total. The standard InChI is InChI=1S/C17H24N4O2/c1-12-3-4-15(22)14(20-12)11-19-16(13-5-9-23-10-6-13)17-18-7-8-21(17)2/h3-4,7-8,13,16,19,22H,5-6,9-11H2,1-2H3/t16-/m0/s1. The number of imidazole rings is 1. The maximum Gasteiger partial charge on any atom is 0.138 e. The maximum atomic E-state index is 10.0. The number of nitrogens with zero attached hydrogens (tertiary/aromatic N) is 3. The van der Waals surface area contributed by atoms with Gasteiger partial charge in [0.25, 0.3) is 0 Å². The molecule has 124 valence electrons. The van der Waals surface area contributed by atoms with Gasteiger partial charge < -0.3 is 19.7 Å². The molecule has 0 radical (unpaired) electrons. The van der Waals surface area contributed by atoms with Crippen LogP contribution in [0.25, 0.3) is 0 Å². The van der Waals surface area contributed by atoms with Crippen LogP contribution in [0.2, 0.25) is 0 Å². The smallest absolute Gasteiger partial charge is 0.138 e. The van der Waals surface area contributed by atoms with Crippen molar-refractivity contribution in [2.24, 2.45) is 13.0 Å². The number of aromatic hydroxyl groups is 1. The first-order chi connectivity index (χ1) is 11.1.